The number of likely N-dealkylation sites (tertiary alicyclic amines) is 2. The Balaban J connectivity index is 0.656. The van der Waals surface area contributed by atoms with Crippen molar-refractivity contribution in [2.45, 2.75) is 134 Å². The number of aryl methyl sites for hydroxylation is 1. The molecule has 0 aliphatic carbocycles. The van der Waals surface area contributed by atoms with Crippen LogP contribution in [0.15, 0.2) is 59.5 Å². The molecule has 0 spiro atoms. The Morgan fingerprint density at radius 2 is 1.68 bits per heavy atom. The lowest BCUT2D eigenvalue weighted by molar-refractivity contribution is -0.135. The van der Waals surface area contributed by atoms with Crippen molar-refractivity contribution >= 4 is 62.5 Å². The minimum atomic E-state index is -0.969. The first kappa shape index (κ1) is 56.4. The van der Waals surface area contributed by atoms with E-state index in [4.69, 9.17) is 25.9 Å². The fourth-order valence-corrected chi connectivity index (χ4v) is 16.0. The van der Waals surface area contributed by atoms with E-state index in [2.05, 4.69) is 46.8 Å². The summed E-state index contributed by atoms with van der Waals surface area (Å²) in [6.07, 6.45) is 15.3. The molecular weight excluding hydrogens is 1090 g/mol. The van der Waals surface area contributed by atoms with Crippen molar-refractivity contribution in [3.05, 3.63) is 88.0 Å². The number of carbonyl (C=O) groups is 4. The topological polar surface area (TPSA) is 201 Å². The molecular formula is C64H73F2N11O8. The van der Waals surface area contributed by atoms with Crippen LogP contribution in [-0.4, -0.2) is 155 Å². The van der Waals surface area contributed by atoms with E-state index < -0.39 is 46.2 Å². The molecule has 3 aromatic carbocycles. The molecule has 0 saturated carbocycles. The van der Waals surface area contributed by atoms with Gasteiger partial charge in [-0.1, -0.05) is 57.0 Å². The monoisotopic (exact) mass is 1160 g/mol. The number of nitrogens with one attached hydrogen (secondary N) is 1. The SMILES string of the molecule is C#Cc1c(F)ccc2cccc(-c3ncc4c(N5CC6CCC(C(C)(C)C)(C5)N6C(=O)O)nc(OC[C@@]56CCCN5[C@H](COC(=O)N5CCC(C7CCN(Cc8ccc9c(c8)n(C)c(=O)n9C8CCC(=O)NC8=O)CC7)CC5)CC6)nc4c3F)c12. The van der Waals surface area contributed by atoms with Gasteiger partial charge in [-0.05, 0) is 137 Å². The molecule has 7 aliphatic rings. The molecule has 13 rings (SSSR count). The second kappa shape index (κ2) is 21.7. The van der Waals surface area contributed by atoms with Crippen LogP contribution in [-0.2, 0) is 27.9 Å². The first-order chi connectivity index (χ1) is 40.8. The van der Waals surface area contributed by atoms with Gasteiger partial charge in [-0.15, -0.1) is 6.42 Å². The lowest BCUT2D eigenvalue weighted by Crippen LogP contribution is -2.68. The molecule has 0 radical (unpaired) electrons. The fraction of sp³-hybridized carbons (Fsp3) is 0.531. The van der Waals surface area contributed by atoms with Crippen molar-refractivity contribution in [1.29, 1.82) is 0 Å². The number of halogens is 2. The number of hydrogen-bond donors (Lipinski definition) is 2. The lowest BCUT2D eigenvalue weighted by atomic mass is 9.71. The molecule has 21 heteroatoms. The van der Waals surface area contributed by atoms with Crippen LogP contribution in [0.4, 0.5) is 24.2 Å². The minimum absolute atomic E-state index is 0.00105. The van der Waals surface area contributed by atoms with Crippen LogP contribution >= 0.6 is 0 Å². The number of anilines is 1. The van der Waals surface area contributed by atoms with Crippen LogP contribution in [0, 0.1) is 41.2 Å². The highest BCUT2D eigenvalue weighted by Crippen LogP contribution is 2.51. The minimum Gasteiger partial charge on any atom is -0.465 e. The maximum absolute atomic E-state index is 17.6. The van der Waals surface area contributed by atoms with Crippen LogP contribution in [0.3, 0.4) is 0 Å². The first-order valence-corrected chi connectivity index (χ1v) is 30.2. The number of ether oxygens (including phenoxy) is 2. The van der Waals surface area contributed by atoms with E-state index in [1.807, 2.05) is 28.0 Å². The average Bonchev–Trinajstić information content (AvgIpc) is 1.86. The molecule has 7 fully saturated rings. The van der Waals surface area contributed by atoms with Gasteiger partial charge in [0.25, 0.3) is 0 Å². The number of hydrogen-bond acceptors (Lipinski definition) is 13. The molecule has 7 aliphatic heterocycles. The highest BCUT2D eigenvalue weighted by atomic mass is 19.1. The highest BCUT2D eigenvalue weighted by molar-refractivity contribution is 6.02. The van der Waals surface area contributed by atoms with Gasteiger partial charge in [-0.2, -0.15) is 9.97 Å². The van der Waals surface area contributed by atoms with E-state index in [1.54, 1.807) is 40.8 Å². The van der Waals surface area contributed by atoms with Gasteiger partial charge in [0.05, 0.1) is 39.1 Å². The van der Waals surface area contributed by atoms with Crippen LogP contribution in [0.2, 0.25) is 0 Å². The van der Waals surface area contributed by atoms with Gasteiger partial charge < -0.3 is 24.4 Å². The van der Waals surface area contributed by atoms with E-state index in [0.29, 0.717) is 90.3 Å². The molecule has 446 valence electrons. The number of terminal acetylenes is 1. The zero-order valence-electron chi connectivity index (χ0n) is 48.7. The van der Waals surface area contributed by atoms with Crippen molar-refractivity contribution in [3.63, 3.8) is 0 Å². The molecule has 19 nitrogen and oxygen atoms in total. The molecule has 6 aromatic rings. The Kier molecular flexibility index (Phi) is 14.4. The number of benzene rings is 3. The Morgan fingerprint density at radius 3 is 2.42 bits per heavy atom. The molecule has 7 saturated heterocycles. The number of rotatable bonds is 11. The summed E-state index contributed by atoms with van der Waals surface area (Å²) < 4.78 is 48.7. The van der Waals surface area contributed by atoms with E-state index in [1.165, 1.54) is 16.8 Å². The number of imidazole rings is 1. The van der Waals surface area contributed by atoms with Crippen molar-refractivity contribution in [1.82, 2.24) is 49.0 Å². The van der Waals surface area contributed by atoms with Gasteiger partial charge in [0.1, 0.15) is 42.1 Å². The summed E-state index contributed by atoms with van der Waals surface area (Å²) >= 11 is 0. The predicted molar refractivity (Wildman–Crippen MR) is 315 cm³/mol. The Bertz CT molecular complexity index is 3800. The van der Waals surface area contributed by atoms with Crippen LogP contribution in [0.5, 0.6) is 6.01 Å². The second-order valence-corrected chi connectivity index (χ2v) is 26.0. The normalized spacial score (nSPS) is 25.3. The molecule has 2 N–H and O–H groups in total. The molecule has 3 aromatic heterocycles. The number of carboxylic acid groups (broad SMARTS) is 1. The standard InChI is InChI=1S/C64H73F2N11O8/c1-6-44-47(65)13-12-41-9-7-10-45(52(41)44)54-53(66)55-46(32-67-54)56(74-34-42-18-25-64(36-74,62(2,3)4)77(42)60(81)82)70-58(69-55)85-37-63-23-8-26-75(63)43(17-24-63)35-84-61(83)73-29-21-40(22-30-73)39-19-27-72(28-20-39)33-38-11-14-48-50(31-38)71(5)59(80)76(48)49-15-16-51(78)68-57(49)79/h1,7,9-14,31-32,39-40,42-43,49H,8,15-30,33-37H2,2-5H3,(H,81,82)(H,68,78,79)/t42?,43-,49?,63-,64?/m0/s1. The molecule has 10 heterocycles. The van der Waals surface area contributed by atoms with Crippen molar-refractivity contribution in [3.8, 4) is 29.6 Å². The number of imide groups is 1. The van der Waals surface area contributed by atoms with E-state index >= 15 is 8.78 Å². The van der Waals surface area contributed by atoms with Gasteiger partial charge in [0, 0.05) is 69.4 Å². The summed E-state index contributed by atoms with van der Waals surface area (Å²) in [5.74, 6) is 1.83. The van der Waals surface area contributed by atoms with E-state index in [9.17, 15) is 29.1 Å². The van der Waals surface area contributed by atoms with Crippen molar-refractivity contribution in [2.24, 2.45) is 24.3 Å². The Hall–Kier alpha value is -7.70. The van der Waals surface area contributed by atoms with Crippen LogP contribution in [0.25, 0.3) is 44.0 Å². The Labute approximate surface area is 491 Å². The first-order valence-electron chi connectivity index (χ1n) is 30.2. The fourth-order valence-electron chi connectivity index (χ4n) is 16.0. The van der Waals surface area contributed by atoms with Crippen molar-refractivity contribution in [2.75, 3.05) is 63.9 Å². The maximum atomic E-state index is 17.6. The summed E-state index contributed by atoms with van der Waals surface area (Å²) in [5.41, 5.74) is 0.860. The third-order valence-electron chi connectivity index (χ3n) is 20.6. The number of fused-ring (bicyclic) bond motifs is 6. The smallest absolute Gasteiger partial charge is 0.409 e. The summed E-state index contributed by atoms with van der Waals surface area (Å²) in [7, 11) is 1.72. The van der Waals surface area contributed by atoms with Gasteiger partial charge in [-0.25, -0.2) is 23.2 Å². The summed E-state index contributed by atoms with van der Waals surface area (Å²) in [6, 6.07) is 13.0. The number of aromatic nitrogens is 5. The van der Waals surface area contributed by atoms with E-state index in [-0.39, 0.29) is 72.2 Å². The lowest BCUT2D eigenvalue weighted by Gasteiger charge is -2.54. The summed E-state index contributed by atoms with van der Waals surface area (Å²) in [4.78, 5) is 89.4. The molecule has 2 bridgehead atoms. The van der Waals surface area contributed by atoms with Gasteiger partial charge in [0.15, 0.2) is 5.82 Å². The quantitative estimate of drug-likeness (QED) is 0.0923. The Morgan fingerprint density at radius 1 is 0.906 bits per heavy atom. The summed E-state index contributed by atoms with van der Waals surface area (Å²) in [5, 5.41) is 14.3. The number of piperidine rings is 3. The van der Waals surface area contributed by atoms with E-state index in [0.717, 1.165) is 88.6 Å². The third-order valence-corrected chi connectivity index (χ3v) is 20.6. The zero-order valence-corrected chi connectivity index (χ0v) is 48.7. The maximum Gasteiger partial charge on any atom is 0.409 e. The summed E-state index contributed by atoms with van der Waals surface area (Å²) in [6.45, 7) is 12.0. The predicted octanol–water partition coefficient (Wildman–Crippen LogP) is 8.62. The van der Waals surface area contributed by atoms with Gasteiger partial charge in [-0.3, -0.25) is 43.7 Å². The van der Waals surface area contributed by atoms with Crippen molar-refractivity contribution < 1.29 is 42.5 Å². The third kappa shape index (κ3) is 9.71. The number of nitrogens with zero attached hydrogens (tertiary/aromatic N) is 10. The van der Waals surface area contributed by atoms with Crippen LogP contribution < -0.4 is 20.6 Å². The number of piperazine rings is 1. The average molecular weight is 1160 g/mol. The largest absolute Gasteiger partial charge is 0.465 e. The molecule has 5 atom stereocenters. The second-order valence-electron chi connectivity index (χ2n) is 26.0. The van der Waals surface area contributed by atoms with Gasteiger partial charge >= 0.3 is 23.9 Å². The van der Waals surface area contributed by atoms with Crippen LogP contribution in [0.1, 0.15) is 115 Å². The van der Waals surface area contributed by atoms with Gasteiger partial charge in [0.2, 0.25) is 11.8 Å². The molecule has 4 amide bonds. The number of carbonyl (C=O) groups excluding carboxylic acids is 3. The zero-order chi connectivity index (χ0) is 59.3. The molecule has 3 unspecified atom stereocenters. The molecule has 85 heavy (non-hydrogen) atoms. The number of amides is 4. The highest BCUT2D eigenvalue weighted by Gasteiger charge is 2.60. The number of pyridine rings is 1.